The maximum Gasteiger partial charge on any atom is 0.252 e. The predicted molar refractivity (Wildman–Crippen MR) is 71.5 cm³/mol. The molecule has 4 heteroatoms. The largest absolute Gasteiger partial charge is 0.352 e. The zero-order valence-corrected chi connectivity index (χ0v) is 10.8. The van der Waals surface area contributed by atoms with Crippen LogP contribution in [0.3, 0.4) is 0 Å². The molecule has 1 aromatic heterocycles. The van der Waals surface area contributed by atoms with Crippen LogP contribution >= 0.6 is 0 Å². The Balaban J connectivity index is 1.56. The fourth-order valence-electron chi connectivity index (χ4n) is 2.27. The van der Waals surface area contributed by atoms with Crippen LogP contribution in [0.2, 0.25) is 0 Å². The third-order valence-corrected chi connectivity index (χ3v) is 3.31. The molecule has 1 aromatic rings. The molecule has 2 heterocycles. The van der Waals surface area contributed by atoms with E-state index in [-0.39, 0.29) is 5.91 Å². The number of pyridine rings is 1. The first-order valence-corrected chi connectivity index (χ1v) is 6.77. The number of nitrogens with one attached hydrogen (secondary N) is 1. The molecule has 0 atom stereocenters. The average Bonchev–Trinajstić information content (AvgIpc) is 2.92. The highest BCUT2D eigenvalue weighted by atomic mass is 16.1. The van der Waals surface area contributed by atoms with Crippen molar-refractivity contribution in [2.24, 2.45) is 0 Å². The molecule has 1 amide bonds. The summed E-state index contributed by atoms with van der Waals surface area (Å²) in [7, 11) is 0. The van der Waals surface area contributed by atoms with Gasteiger partial charge in [0.25, 0.3) is 5.91 Å². The van der Waals surface area contributed by atoms with Crippen molar-refractivity contribution in [1.82, 2.24) is 15.2 Å². The van der Waals surface area contributed by atoms with Crippen molar-refractivity contribution in [2.75, 3.05) is 26.2 Å². The van der Waals surface area contributed by atoms with Gasteiger partial charge >= 0.3 is 0 Å². The van der Waals surface area contributed by atoms with E-state index >= 15 is 0 Å². The Bertz CT molecular complexity index is 361. The Labute approximate surface area is 108 Å². The van der Waals surface area contributed by atoms with Gasteiger partial charge in [0.15, 0.2) is 0 Å². The lowest BCUT2D eigenvalue weighted by molar-refractivity contribution is 0.0952. The molecule has 0 saturated carbocycles. The zero-order valence-electron chi connectivity index (χ0n) is 10.8. The number of likely N-dealkylation sites (tertiary alicyclic amines) is 1. The summed E-state index contributed by atoms with van der Waals surface area (Å²) in [5, 5.41) is 2.93. The molecule has 18 heavy (non-hydrogen) atoms. The highest BCUT2D eigenvalue weighted by molar-refractivity contribution is 5.93. The van der Waals surface area contributed by atoms with Crippen LogP contribution in [0.25, 0.3) is 0 Å². The molecule has 98 valence electrons. The molecule has 0 aliphatic carbocycles. The lowest BCUT2D eigenvalue weighted by Crippen LogP contribution is -2.26. The molecule has 1 aliphatic heterocycles. The van der Waals surface area contributed by atoms with Crippen LogP contribution in [0.4, 0.5) is 0 Å². The SMILES string of the molecule is O=C(NCCCCN1CCCC1)c1cccnc1. The van der Waals surface area contributed by atoms with Gasteiger partial charge in [-0.2, -0.15) is 0 Å². The topological polar surface area (TPSA) is 45.2 Å². The van der Waals surface area contributed by atoms with E-state index in [1.54, 1.807) is 24.5 Å². The van der Waals surface area contributed by atoms with Gasteiger partial charge in [-0.15, -0.1) is 0 Å². The molecule has 2 rings (SSSR count). The second kappa shape index (κ2) is 7.11. The number of hydrogen-bond acceptors (Lipinski definition) is 3. The Kier molecular flexibility index (Phi) is 5.15. The minimum Gasteiger partial charge on any atom is -0.352 e. The monoisotopic (exact) mass is 247 g/mol. The minimum atomic E-state index is -0.0238. The molecular weight excluding hydrogens is 226 g/mol. The van der Waals surface area contributed by atoms with Gasteiger partial charge in [-0.05, 0) is 57.5 Å². The van der Waals surface area contributed by atoms with Gasteiger partial charge in [0.1, 0.15) is 0 Å². The summed E-state index contributed by atoms with van der Waals surface area (Å²) in [5.41, 5.74) is 0.636. The van der Waals surface area contributed by atoms with Crippen LogP contribution in [-0.2, 0) is 0 Å². The smallest absolute Gasteiger partial charge is 0.252 e. The van der Waals surface area contributed by atoms with Gasteiger partial charge < -0.3 is 10.2 Å². The third kappa shape index (κ3) is 4.11. The van der Waals surface area contributed by atoms with E-state index in [0.29, 0.717) is 5.56 Å². The van der Waals surface area contributed by atoms with E-state index in [0.717, 1.165) is 19.4 Å². The van der Waals surface area contributed by atoms with Gasteiger partial charge in [-0.25, -0.2) is 0 Å². The normalized spacial score (nSPS) is 15.8. The summed E-state index contributed by atoms with van der Waals surface area (Å²) in [6.45, 7) is 4.43. The highest BCUT2D eigenvalue weighted by Gasteiger charge is 2.10. The quantitative estimate of drug-likeness (QED) is 0.778. The van der Waals surface area contributed by atoms with Crippen LogP contribution in [0.1, 0.15) is 36.0 Å². The number of amides is 1. The molecule has 0 aromatic carbocycles. The van der Waals surface area contributed by atoms with Crippen LogP contribution < -0.4 is 5.32 Å². The first-order chi connectivity index (χ1) is 8.86. The lowest BCUT2D eigenvalue weighted by Gasteiger charge is -2.13. The fourth-order valence-corrected chi connectivity index (χ4v) is 2.27. The second-order valence-corrected chi connectivity index (χ2v) is 4.75. The number of nitrogens with zero attached hydrogens (tertiary/aromatic N) is 2. The molecule has 4 nitrogen and oxygen atoms in total. The maximum absolute atomic E-state index is 11.7. The van der Waals surface area contributed by atoms with Gasteiger partial charge in [-0.3, -0.25) is 9.78 Å². The van der Waals surface area contributed by atoms with Gasteiger partial charge in [0.05, 0.1) is 5.56 Å². The zero-order chi connectivity index (χ0) is 12.6. The number of aromatic nitrogens is 1. The van der Waals surface area contributed by atoms with E-state index < -0.39 is 0 Å². The molecule has 1 saturated heterocycles. The minimum absolute atomic E-state index is 0.0238. The van der Waals surface area contributed by atoms with Gasteiger partial charge in [0, 0.05) is 18.9 Å². The van der Waals surface area contributed by atoms with E-state index in [2.05, 4.69) is 15.2 Å². The van der Waals surface area contributed by atoms with Crippen LogP contribution in [0, 0.1) is 0 Å². The Morgan fingerprint density at radius 3 is 2.89 bits per heavy atom. The molecule has 1 N–H and O–H groups in total. The fraction of sp³-hybridized carbons (Fsp3) is 0.571. The highest BCUT2D eigenvalue weighted by Crippen LogP contribution is 2.07. The van der Waals surface area contributed by atoms with Crippen molar-refractivity contribution in [2.45, 2.75) is 25.7 Å². The molecule has 0 spiro atoms. The van der Waals surface area contributed by atoms with E-state index in [1.165, 1.54) is 32.5 Å². The van der Waals surface area contributed by atoms with Gasteiger partial charge in [-0.1, -0.05) is 0 Å². The van der Waals surface area contributed by atoms with Crippen molar-refractivity contribution >= 4 is 5.91 Å². The maximum atomic E-state index is 11.7. The Hall–Kier alpha value is -1.42. The molecule has 0 radical (unpaired) electrons. The Morgan fingerprint density at radius 1 is 1.33 bits per heavy atom. The second-order valence-electron chi connectivity index (χ2n) is 4.75. The average molecular weight is 247 g/mol. The van der Waals surface area contributed by atoms with Crippen LogP contribution in [0.15, 0.2) is 24.5 Å². The Morgan fingerprint density at radius 2 is 2.17 bits per heavy atom. The van der Waals surface area contributed by atoms with Crippen LogP contribution in [0.5, 0.6) is 0 Å². The molecule has 0 bridgehead atoms. The van der Waals surface area contributed by atoms with E-state index in [1.807, 2.05) is 0 Å². The summed E-state index contributed by atoms with van der Waals surface area (Å²) in [5.74, 6) is -0.0238. The van der Waals surface area contributed by atoms with E-state index in [4.69, 9.17) is 0 Å². The lowest BCUT2D eigenvalue weighted by atomic mass is 10.2. The van der Waals surface area contributed by atoms with Crippen molar-refractivity contribution in [1.29, 1.82) is 0 Å². The first kappa shape index (κ1) is 13.0. The first-order valence-electron chi connectivity index (χ1n) is 6.77. The van der Waals surface area contributed by atoms with Crippen molar-refractivity contribution in [3.05, 3.63) is 30.1 Å². The number of rotatable bonds is 6. The summed E-state index contributed by atoms with van der Waals surface area (Å²) in [6.07, 6.45) is 8.16. The number of hydrogen-bond donors (Lipinski definition) is 1. The molecule has 0 unspecified atom stereocenters. The predicted octanol–water partition coefficient (Wildman–Crippen LogP) is 1.69. The summed E-state index contributed by atoms with van der Waals surface area (Å²) in [6, 6.07) is 3.56. The molecule has 1 aliphatic rings. The number of carbonyl (C=O) groups is 1. The number of unbranched alkanes of at least 4 members (excludes halogenated alkanes) is 1. The van der Waals surface area contributed by atoms with Crippen LogP contribution in [-0.4, -0.2) is 42.0 Å². The van der Waals surface area contributed by atoms with Gasteiger partial charge in [0.2, 0.25) is 0 Å². The third-order valence-electron chi connectivity index (χ3n) is 3.31. The molecule has 1 fully saturated rings. The summed E-state index contributed by atoms with van der Waals surface area (Å²) >= 11 is 0. The van der Waals surface area contributed by atoms with Crippen molar-refractivity contribution in [3.63, 3.8) is 0 Å². The van der Waals surface area contributed by atoms with E-state index in [9.17, 15) is 4.79 Å². The summed E-state index contributed by atoms with van der Waals surface area (Å²) < 4.78 is 0. The van der Waals surface area contributed by atoms with Crippen molar-refractivity contribution in [3.8, 4) is 0 Å². The standard InChI is InChI=1S/C14H21N3O/c18-14(13-6-5-7-15-12-13)16-8-1-2-9-17-10-3-4-11-17/h5-7,12H,1-4,8-11H2,(H,16,18). The number of carbonyl (C=O) groups excluding carboxylic acids is 1. The molecular formula is C14H21N3O. The van der Waals surface area contributed by atoms with Crippen molar-refractivity contribution < 1.29 is 4.79 Å². The summed E-state index contributed by atoms with van der Waals surface area (Å²) in [4.78, 5) is 18.1.